The minimum atomic E-state index is 0.648. The standard InChI is InChI=1S/C8H6Br4O2/c1-13-7-5(11)3(9)4(10)6(12)8(7)14-2/h1-2H3. The van der Waals surface area contributed by atoms with Crippen LogP contribution in [0.3, 0.4) is 0 Å². The van der Waals surface area contributed by atoms with E-state index in [1.165, 1.54) is 0 Å². The molecule has 0 aliphatic rings. The minimum absolute atomic E-state index is 0.648. The molecule has 0 saturated heterocycles. The van der Waals surface area contributed by atoms with Crippen LogP contribution in [0.2, 0.25) is 0 Å². The summed E-state index contributed by atoms with van der Waals surface area (Å²) in [4.78, 5) is 0. The fraction of sp³-hybridized carbons (Fsp3) is 0.250. The van der Waals surface area contributed by atoms with Gasteiger partial charge in [-0.25, -0.2) is 0 Å². The van der Waals surface area contributed by atoms with E-state index in [2.05, 4.69) is 63.7 Å². The van der Waals surface area contributed by atoms with Crippen LogP contribution in [0, 0.1) is 0 Å². The molecule has 1 aromatic rings. The van der Waals surface area contributed by atoms with E-state index in [1.54, 1.807) is 14.2 Å². The Morgan fingerprint density at radius 2 is 0.929 bits per heavy atom. The summed E-state index contributed by atoms with van der Waals surface area (Å²) in [7, 11) is 3.19. The second-order valence-electron chi connectivity index (χ2n) is 2.32. The van der Waals surface area contributed by atoms with E-state index in [0.717, 1.165) is 17.9 Å². The van der Waals surface area contributed by atoms with E-state index in [9.17, 15) is 0 Å². The van der Waals surface area contributed by atoms with Crippen molar-refractivity contribution in [2.24, 2.45) is 0 Å². The molecule has 0 aromatic heterocycles. The highest BCUT2D eigenvalue weighted by atomic mass is 79.9. The molecule has 6 heteroatoms. The fourth-order valence-corrected chi connectivity index (χ4v) is 3.33. The first-order valence-corrected chi connectivity index (χ1v) is 6.65. The van der Waals surface area contributed by atoms with Crippen molar-refractivity contribution in [1.82, 2.24) is 0 Å². The van der Waals surface area contributed by atoms with Crippen molar-refractivity contribution in [2.75, 3.05) is 14.2 Å². The predicted octanol–water partition coefficient (Wildman–Crippen LogP) is 4.75. The summed E-state index contributed by atoms with van der Waals surface area (Å²) in [6.45, 7) is 0. The zero-order chi connectivity index (χ0) is 10.9. The van der Waals surface area contributed by atoms with E-state index >= 15 is 0 Å². The molecule has 0 spiro atoms. The molecule has 0 bridgehead atoms. The Bertz CT molecular complexity index is 330. The van der Waals surface area contributed by atoms with Gasteiger partial charge >= 0.3 is 0 Å². The van der Waals surface area contributed by atoms with Crippen molar-refractivity contribution in [3.63, 3.8) is 0 Å². The monoisotopic (exact) mass is 450 g/mol. The minimum Gasteiger partial charge on any atom is -0.492 e. The summed E-state index contributed by atoms with van der Waals surface area (Å²) in [5, 5.41) is 0. The Hall–Kier alpha value is 0.740. The molecule has 78 valence electrons. The van der Waals surface area contributed by atoms with Crippen LogP contribution in [0.4, 0.5) is 0 Å². The Morgan fingerprint density at radius 1 is 0.643 bits per heavy atom. The quantitative estimate of drug-likeness (QED) is 0.475. The molecular weight excluding hydrogens is 448 g/mol. The first kappa shape index (κ1) is 12.8. The van der Waals surface area contributed by atoms with E-state index in [0.29, 0.717) is 11.5 Å². The Kier molecular flexibility index (Phi) is 4.74. The topological polar surface area (TPSA) is 18.5 Å². The maximum absolute atomic E-state index is 5.23. The van der Waals surface area contributed by atoms with Gasteiger partial charge in [-0.1, -0.05) is 0 Å². The summed E-state index contributed by atoms with van der Waals surface area (Å²) in [5.41, 5.74) is 0. The van der Waals surface area contributed by atoms with Gasteiger partial charge in [0.05, 0.1) is 32.1 Å². The lowest BCUT2D eigenvalue weighted by atomic mass is 10.3. The van der Waals surface area contributed by atoms with Gasteiger partial charge in [0.15, 0.2) is 11.5 Å². The molecule has 2 nitrogen and oxygen atoms in total. The first-order chi connectivity index (χ1) is 6.54. The molecule has 0 N–H and O–H groups in total. The third-order valence-electron chi connectivity index (χ3n) is 1.59. The van der Waals surface area contributed by atoms with Crippen molar-refractivity contribution in [2.45, 2.75) is 0 Å². The lowest BCUT2D eigenvalue weighted by Gasteiger charge is -2.14. The largest absolute Gasteiger partial charge is 0.492 e. The second kappa shape index (κ2) is 5.18. The molecule has 0 heterocycles. The molecule has 0 amide bonds. The SMILES string of the molecule is COc1c(Br)c(Br)c(Br)c(Br)c1OC. The zero-order valence-corrected chi connectivity index (χ0v) is 13.7. The molecule has 14 heavy (non-hydrogen) atoms. The number of hydrogen-bond acceptors (Lipinski definition) is 2. The maximum atomic E-state index is 5.23. The van der Waals surface area contributed by atoms with Crippen LogP contribution in [-0.4, -0.2) is 14.2 Å². The van der Waals surface area contributed by atoms with Crippen molar-refractivity contribution in [3.05, 3.63) is 17.9 Å². The lowest BCUT2D eigenvalue weighted by Crippen LogP contribution is -1.94. The summed E-state index contributed by atoms with van der Waals surface area (Å²) >= 11 is 13.7. The summed E-state index contributed by atoms with van der Waals surface area (Å²) in [5.74, 6) is 1.30. The zero-order valence-electron chi connectivity index (χ0n) is 7.33. The van der Waals surface area contributed by atoms with Gasteiger partial charge in [0.25, 0.3) is 0 Å². The van der Waals surface area contributed by atoms with Crippen LogP contribution >= 0.6 is 63.7 Å². The second-order valence-corrected chi connectivity index (χ2v) is 5.49. The van der Waals surface area contributed by atoms with Gasteiger partial charge in [-0.3, -0.25) is 0 Å². The third kappa shape index (κ3) is 2.13. The van der Waals surface area contributed by atoms with E-state index < -0.39 is 0 Å². The van der Waals surface area contributed by atoms with Crippen molar-refractivity contribution < 1.29 is 9.47 Å². The van der Waals surface area contributed by atoms with Crippen LogP contribution in [0.25, 0.3) is 0 Å². The van der Waals surface area contributed by atoms with Gasteiger partial charge in [-0.05, 0) is 63.7 Å². The van der Waals surface area contributed by atoms with Crippen LogP contribution in [-0.2, 0) is 0 Å². The van der Waals surface area contributed by atoms with Crippen LogP contribution in [0.5, 0.6) is 11.5 Å². The van der Waals surface area contributed by atoms with Crippen LogP contribution in [0.1, 0.15) is 0 Å². The number of hydrogen-bond donors (Lipinski definition) is 0. The molecule has 1 aromatic carbocycles. The normalized spacial score (nSPS) is 10.1. The highest BCUT2D eigenvalue weighted by Crippen LogP contribution is 2.50. The third-order valence-corrected chi connectivity index (χ3v) is 6.29. The van der Waals surface area contributed by atoms with Gasteiger partial charge in [0, 0.05) is 0 Å². The summed E-state index contributed by atoms with van der Waals surface area (Å²) < 4.78 is 13.8. The van der Waals surface area contributed by atoms with E-state index in [1.807, 2.05) is 0 Å². The van der Waals surface area contributed by atoms with Gasteiger partial charge in [-0.15, -0.1) is 0 Å². The molecule has 0 unspecified atom stereocenters. The van der Waals surface area contributed by atoms with E-state index in [4.69, 9.17) is 9.47 Å². The van der Waals surface area contributed by atoms with Crippen molar-refractivity contribution in [1.29, 1.82) is 0 Å². The van der Waals surface area contributed by atoms with E-state index in [-0.39, 0.29) is 0 Å². The highest BCUT2D eigenvalue weighted by molar-refractivity contribution is 9.15. The van der Waals surface area contributed by atoms with Crippen LogP contribution in [0.15, 0.2) is 17.9 Å². The molecule has 0 aliphatic heterocycles. The molecular formula is C8H6Br4O2. The van der Waals surface area contributed by atoms with Gasteiger partial charge < -0.3 is 9.47 Å². The van der Waals surface area contributed by atoms with Crippen molar-refractivity contribution >= 4 is 63.7 Å². The Labute approximate surface area is 116 Å². The van der Waals surface area contributed by atoms with Crippen molar-refractivity contribution in [3.8, 4) is 11.5 Å². The number of benzene rings is 1. The predicted molar refractivity (Wildman–Crippen MR) is 70.3 cm³/mol. The first-order valence-electron chi connectivity index (χ1n) is 3.48. The average Bonchev–Trinajstić information content (AvgIpc) is 2.20. The highest BCUT2D eigenvalue weighted by Gasteiger charge is 2.20. The molecule has 0 fully saturated rings. The summed E-state index contributed by atoms with van der Waals surface area (Å²) in [6.07, 6.45) is 0. The number of methoxy groups -OCH3 is 2. The molecule has 0 atom stereocenters. The Balaban J connectivity index is 3.57. The Morgan fingerprint density at radius 3 is 1.14 bits per heavy atom. The fourth-order valence-electron chi connectivity index (χ4n) is 0.956. The molecule has 0 aliphatic carbocycles. The molecule has 0 saturated carbocycles. The molecule has 1 rings (SSSR count). The lowest BCUT2D eigenvalue weighted by molar-refractivity contribution is 0.350. The number of rotatable bonds is 2. The average molecular weight is 454 g/mol. The van der Waals surface area contributed by atoms with Gasteiger partial charge in [-0.2, -0.15) is 0 Å². The smallest absolute Gasteiger partial charge is 0.177 e. The number of ether oxygens (including phenoxy) is 2. The van der Waals surface area contributed by atoms with Crippen LogP contribution < -0.4 is 9.47 Å². The molecule has 0 radical (unpaired) electrons. The maximum Gasteiger partial charge on any atom is 0.177 e. The van der Waals surface area contributed by atoms with Gasteiger partial charge in [0.2, 0.25) is 0 Å². The number of halogens is 4. The van der Waals surface area contributed by atoms with Gasteiger partial charge in [0.1, 0.15) is 0 Å². The summed E-state index contributed by atoms with van der Waals surface area (Å²) in [6, 6.07) is 0.